The highest BCUT2D eigenvalue weighted by molar-refractivity contribution is 6.09. The van der Waals surface area contributed by atoms with Gasteiger partial charge in [-0.1, -0.05) is 12.8 Å². The number of rotatable bonds is 3. The van der Waals surface area contributed by atoms with E-state index >= 15 is 0 Å². The highest BCUT2D eigenvalue weighted by atomic mass is 16.2. The zero-order chi connectivity index (χ0) is 15.1. The Hall–Kier alpha value is -2.36. The number of carbonyl (C=O) groups excluding carboxylic acids is 3. The third kappa shape index (κ3) is 4.72. The van der Waals surface area contributed by atoms with Crippen molar-refractivity contribution in [1.29, 1.82) is 5.26 Å². The predicted octanol–water partition coefficient (Wildman–Crippen LogP) is 0.688. The van der Waals surface area contributed by atoms with Gasteiger partial charge in [0.25, 0.3) is 5.91 Å². The average Bonchev–Trinajstić information content (AvgIpc) is 2.81. The van der Waals surface area contributed by atoms with Crippen LogP contribution in [0.3, 0.4) is 0 Å². The van der Waals surface area contributed by atoms with Gasteiger partial charge in [-0.05, 0) is 19.8 Å². The Kier molecular flexibility index (Phi) is 5.72. The summed E-state index contributed by atoms with van der Waals surface area (Å²) in [5, 5.41) is 16.0. The quantitative estimate of drug-likeness (QED) is 0.519. The first kappa shape index (κ1) is 15.7. The first-order valence-corrected chi connectivity index (χ1v) is 6.44. The van der Waals surface area contributed by atoms with E-state index in [9.17, 15) is 14.4 Å². The minimum atomic E-state index is -0.941. The molecule has 0 heterocycles. The zero-order valence-corrected chi connectivity index (χ0v) is 11.6. The van der Waals surface area contributed by atoms with Crippen molar-refractivity contribution in [3.8, 4) is 6.07 Å². The second-order valence-electron chi connectivity index (χ2n) is 4.70. The molecule has 0 atom stereocenters. The molecule has 1 aliphatic carbocycles. The van der Waals surface area contributed by atoms with Gasteiger partial charge in [-0.3, -0.25) is 20.2 Å². The van der Waals surface area contributed by atoms with Gasteiger partial charge in [0.1, 0.15) is 11.6 Å². The van der Waals surface area contributed by atoms with Gasteiger partial charge in [0.05, 0.1) is 0 Å². The molecule has 108 valence electrons. The maximum absolute atomic E-state index is 11.8. The summed E-state index contributed by atoms with van der Waals surface area (Å²) in [5.74, 6) is -1.41. The van der Waals surface area contributed by atoms with Gasteiger partial charge in [-0.15, -0.1) is 0 Å². The molecule has 0 spiro atoms. The number of hydrogen-bond acceptors (Lipinski definition) is 5. The van der Waals surface area contributed by atoms with Crippen LogP contribution in [0.1, 0.15) is 39.5 Å². The third-order valence-corrected chi connectivity index (χ3v) is 3.01. The van der Waals surface area contributed by atoms with Crippen LogP contribution < -0.4 is 16.0 Å². The van der Waals surface area contributed by atoms with Gasteiger partial charge in [-0.25, -0.2) is 4.79 Å². The van der Waals surface area contributed by atoms with Gasteiger partial charge in [0.2, 0.25) is 5.91 Å². The Morgan fingerprint density at radius 2 is 1.70 bits per heavy atom. The molecule has 7 nitrogen and oxygen atoms in total. The van der Waals surface area contributed by atoms with Crippen LogP contribution in [-0.2, 0) is 9.59 Å². The van der Waals surface area contributed by atoms with E-state index in [-0.39, 0.29) is 11.6 Å². The lowest BCUT2D eigenvalue weighted by atomic mass is 10.2. The van der Waals surface area contributed by atoms with Crippen molar-refractivity contribution in [2.75, 3.05) is 0 Å². The van der Waals surface area contributed by atoms with Crippen molar-refractivity contribution >= 4 is 17.8 Å². The molecule has 4 amide bonds. The molecule has 0 bridgehead atoms. The van der Waals surface area contributed by atoms with Crippen molar-refractivity contribution in [3.05, 3.63) is 11.3 Å². The first-order chi connectivity index (χ1) is 9.43. The van der Waals surface area contributed by atoms with Gasteiger partial charge in [0, 0.05) is 18.7 Å². The fourth-order valence-electron chi connectivity index (χ4n) is 2.11. The highest BCUT2D eigenvalue weighted by Gasteiger charge is 2.20. The number of urea groups is 1. The van der Waals surface area contributed by atoms with E-state index in [1.807, 2.05) is 10.6 Å². The molecule has 0 aromatic carbocycles. The van der Waals surface area contributed by atoms with Crippen molar-refractivity contribution in [1.82, 2.24) is 16.0 Å². The number of nitrogens with zero attached hydrogens (tertiary/aromatic N) is 1. The number of amides is 4. The van der Waals surface area contributed by atoms with E-state index in [2.05, 4.69) is 5.32 Å². The monoisotopic (exact) mass is 278 g/mol. The number of carbonyl (C=O) groups is 3. The molecular weight excluding hydrogens is 260 g/mol. The second-order valence-corrected chi connectivity index (χ2v) is 4.70. The van der Waals surface area contributed by atoms with Crippen LogP contribution >= 0.6 is 0 Å². The number of imide groups is 2. The smallest absolute Gasteiger partial charge is 0.328 e. The molecule has 0 saturated heterocycles. The maximum atomic E-state index is 11.8. The molecular formula is C13H18N4O3. The van der Waals surface area contributed by atoms with E-state index in [1.54, 1.807) is 13.0 Å². The molecule has 1 fully saturated rings. The molecule has 0 aliphatic heterocycles. The molecule has 3 N–H and O–H groups in total. The van der Waals surface area contributed by atoms with Crippen LogP contribution in [0, 0.1) is 11.3 Å². The van der Waals surface area contributed by atoms with E-state index in [0.717, 1.165) is 32.6 Å². The second kappa shape index (κ2) is 7.28. The van der Waals surface area contributed by atoms with E-state index in [0.29, 0.717) is 5.70 Å². The van der Waals surface area contributed by atoms with Crippen LogP contribution in [0.15, 0.2) is 11.3 Å². The fourth-order valence-corrected chi connectivity index (χ4v) is 2.11. The van der Waals surface area contributed by atoms with Crippen LogP contribution in [0.5, 0.6) is 0 Å². The third-order valence-electron chi connectivity index (χ3n) is 3.01. The zero-order valence-electron chi connectivity index (χ0n) is 11.6. The summed E-state index contributed by atoms with van der Waals surface area (Å²) < 4.78 is 0. The summed E-state index contributed by atoms with van der Waals surface area (Å²) in [6, 6.07) is 1.09. The molecule has 0 radical (unpaired) electrons. The topological polar surface area (TPSA) is 111 Å². The van der Waals surface area contributed by atoms with Crippen molar-refractivity contribution in [2.24, 2.45) is 0 Å². The summed E-state index contributed by atoms with van der Waals surface area (Å²) in [6.45, 7) is 2.78. The summed E-state index contributed by atoms with van der Waals surface area (Å²) in [5.41, 5.74) is 0.281. The SMILES string of the molecule is CC(=O)NC(=O)NC(=O)C(C#N)=C(C)NC1CCCC1. The van der Waals surface area contributed by atoms with Gasteiger partial charge < -0.3 is 5.32 Å². The largest absolute Gasteiger partial charge is 0.385 e. The van der Waals surface area contributed by atoms with Crippen molar-refractivity contribution in [3.63, 3.8) is 0 Å². The number of allylic oxidation sites excluding steroid dienone is 1. The molecule has 1 rings (SSSR count). The van der Waals surface area contributed by atoms with Crippen LogP contribution in [-0.4, -0.2) is 23.9 Å². The lowest BCUT2D eigenvalue weighted by Crippen LogP contribution is -2.42. The molecule has 0 unspecified atom stereocenters. The Labute approximate surface area is 117 Å². The Bertz CT molecular complexity index is 484. The number of nitriles is 1. The number of hydrogen-bond donors (Lipinski definition) is 3. The summed E-state index contributed by atoms with van der Waals surface area (Å²) in [6.07, 6.45) is 4.26. The van der Waals surface area contributed by atoms with E-state index in [4.69, 9.17) is 5.26 Å². The Morgan fingerprint density at radius 3 is 2.20 bits per heavy atom. The summed E-state index contributed by atoms with van der Waals surface area (Å²) in [7, 11) is 0. The van der Waals surface area contributed by atoms with Gasteiger partial charge in [0.15, 0.2) is 0 Å². The van der Waals surface area contributed by atoms with Crippen molar-refractivity contribution in [2.45, 2.75) is 45.6 Å². The molecule has 1 aliphatic rings. The number of nitrogens with one attached hydrogen (secondary N) is 3. The lowest BCUT2D eigenvalue weighted by molar-refractivity contribution is -0.118. The molecule has 20 heavy (non-hydrogen) atoms. The average molecular weight is 278 g/mol. The Morgan fingerprint density at radius 1 is 1.10 bits per heavy atom. The van der Waals surface area contributed by atoms with Crippen molar-refractivity contribution < 1.29 is 14.4 Å². The lowest BCUT2D eigenvalue weighted by Gasteiger charge is -2.15. The minimum absolute atomic E-state index is 0.157. The molecule has 7 heteroatoms. The molecule has 0 aromatic rings. The van der Waals surface area contributed by atoms with Crippen LogP contribution in [0.25, 0.3) is 0 Å². The molecule has 1 saturated carbocycles. The van der Waals surface area contributed by atoms with Gasteiger partial charge in [-0.2, -0.15) is 5.26 Å². The van der Waals surface area contributed by atoms with Gasteiger partial charge >= 0.3 is 6.03 Å². The molecule has 0 aromatic heterocycles. The summed E-state index contributed by atoms with van der Waals surface area (Å²) >= 11 is 0. The first-order valence-electron chi connectivity index (χ1n) is 6.44. The Balaban J connectivity index is 2.67. The normalized spacial score (nSPS) is 15.8. The standard InChI is InChI=1S/C13H18N4O3/c1-8(15-10-5-3-4-6-10)11(7-14)12(19)17-13(20)16-9(2)18/h10,15H,3-6H2,1-2H3,(H2,16,17,18,19,20). The minimum Gasteiger partial charge on any atom is -0.385 e. The predicted molar refractivity (Wildman–Crippen MR) is 71.1 cm³/mol. The fraction of sp³-hybridized carbons (Fsp3) is 0.538. The van der Waals surface area contributed by atoms with E-state index < -0.39 is 17.8 Å². The van der Waals surface area contributed by atoms with Crippen LogP contribution in [0.2, 0.25) is 0 Å². The highest BCUT2D eigenvalue weighted by Crippen LogP contribution is 2.19. The van der Waals surface area contributed by atoms with E-state index in [1.165, 1.54) is 0 Å². The maximum Gasteiger partial charge on any atom is 0.328 e. The van der Waals surface area contributed by atoms with Crippen LogP contribution in [0.4, 0.5) is 4.79 Å². The summed E-state index contributed by atoms with van der Waals surface area (Å²) in [4.78, 5) is 33.7.